The lowest BCUT2D eigenvalue weighted by Crippen LogP contribution is -2.06. The fourth-order valence-corrected chi connectivity index (χ4v) is 2.82. The first-order valence-corrected chi connectivity index (χ1v) is 7.07. The number of hydrogen-bond donors (Lipinski definition) is 1. The number of nitrogens with one attached hydrogen (secondary N) is 1. The van der Waals surface area contributed by atoms with Crippen molar-refractivity contribution in [2.45, 2.75) is 13.0 Å². The van der Waals surface area contributed by atoms with Crippen molar-refractivity contribution in [2.24, 2.45) is 0 Å². The molecule has 1 aromatic heterocycles. The summed E-state index contributed by atoms with van der Waals surface area (Å²) in [6.07, 6.45) is 0. The van der Waals surface area contributed by atoms with E-state index in [0.717, 1.165) is 14.4 Å². The van der Waals surface area contributed by atoms with Crippen molar-refractivity contribution in [2.75, 3.05) is 5.32 Å². The van der Waals surface area contributed by atoms with Crippen LogP contribution in [0.4, 0.5) is 10.1 Å². The second-order valence-corrected chi connectivity index (χ2v) is 6.13. The Morgan fingerprint density at radius 3 is 2.82 bits per heavy atom. The van der Waals surface area contributed by atoms with Gasteiger partial charge >= 0.3 is 0 Å². The molecule has 2 rings (SSSR count). The number of hydrogen-bond acceptors (Lipinski definition) is 2. The van der Waals surface area contributed by atoms with Gasteiger partial charge in [-0.05, 0) is 42.1 Å². The minimum atomic E-state index is -0.263. The van der Waals surface area contributed by atoms with E-state index in [0.29, 0.717) is 5.69 Å². The molecule has 5 heteroatoms. The molecule has 1 heterocycles. The molecule has 0 aliphatic heterocycles. The Morgan fingerprint density at radius 2 is 2.18 bits per heavy atom. The molecule has 0 saturated heterocycles. The third-order valence-electron chi connectivity index (χ3n) is 2.39. The number of halogens is 3. The maximum Gasteiger partial charge on any atom is 0.146 e. The number of benzene rings is 1. The Labute approximate surface area is 117 Å². The Morgan fingerprint density at radius 1 is 1.41 bits per heavy atom. The van der Waals surface area contributed by atoms with Crippen LogP contribution in [-0.2, 0) is 0 Å². The van der Waals surface area contributed by atoms with Crippen LogP contribution in [0.3, 0.4) is 0 Å². The average molecular weight is 335 g/mol. The van der Waals surface area contributed by atoms with Crippen molar-refractivity contribution >= 4 is 44.6 Å². The van der Waals surface area contributed by atoms with Crippen molar-refractivity contribution < 1.29 is 4.39 Å². The summed E-state index contributed by atoms with van der Waals surface area (Å²) < 4.78 is 15.1. The lowest BCUT2D eigenvalue weighted by Gasteiger charge is -2.14. The van der Waals surface area contributed by atoms with Gasteiger partial charge in [-0.2, -0.15) is 0 Å². The van der Waals surface area contributed by atoms with Crippen molar-refractivity contribution in [3.05, 3.63) is 49.8 Å². The van der Waals surface area contributed by atoms with Crippen LogP contribution in [0.1, 0.15) is 18.5 Å². The predicted molar refractivity (Wildman–Crippen MR) is 75.5 cm³/mol. The smallest absolute Gasteiger partial charge is 0.146 e. The number of anilines is 1. The molecule has 1 unspecified atom stereocenters. The second kappa shape index (κ2) is 5.38. The maximum atomic E-state index is 13.5. The van der Waals surface area contributed by atoms with E-state index in [1.54, 1.807) is 12.1 Å². The molecular formula is C12H10BrClFNS. The molecule has 1 aromatic carbocycles. The first-order valence-electron chi connectivity index (χ1n) is 5.02. The molecule has 17 heavy (non-hydrogen) atoms. The van der Waals surface area contributed by atoms with Gasteiger partial charge in [0.15, 0.2) is 0 Å². The van der Waals surface area contributed by atoms with Gasteiger partial charge in [-0.15, -0.1) is 11.3 Å². The molecule has 0 bridgehead atoms. The Bertz CT molecular complexity index is 529. The molecule has 0 saturated carbocycles. The molecule has 1 atom stereocenters. The summed E-state index contributed by atoms with van der Waals surface area (Å²) in [5.74, 6) is -0.263. The minimum Gasteiger partial charge on any atom is -0.376 e. The highest BCUT2D eigenvalue weighted by molar-refractivity contribution is 9.10. The maximum absolute atomic E-state index is 13.5. The van der Waals surface area contributed by atoms with Crippen LogP contribution in [-0.4, -0.2) is 0 Å². The minimum absolute atomic E-state index is 0.0162. The van der Waals surface area contributed by atoms with E-state index >= 15 is 0 Å². The van der Waals surface area contributed by atoms with Gasteiger partial charge in [-0.25, -0.2) is 4.39 Å². The summed E-state index contributed by atoms with van der Waals surface area (Å²) in [6.45, 7) is 1.97. The van der Waals surface area contributed by atoms with Crippen molar-refractivity contribution in [3.63, 3.8) is 0 Å². The van der Waals surface area contributed by atoms with Gasteiger partial charge < -0.3 is 5.32 Å². The van der Waals surface area contributed by atoms with Crippen LogP contribution in [0.5, 0.6) is 0 Å². The first-order chi connectivity index (χ1) is 8.06. The molecule has 0 spiro atoms. The van der Waals surface area contributed by atoms with Crippen molar-refractivity contribution in [3.8, 4) is 0 Å². The molecule has 0 fully saturated rings. The number of rotatable bonds is 3. The monoisotopic (exact) mass is 333 g/mol. The van der Waals surface area contributed by atoms with Crippen molar-refractivity contribution in [1.29, 1.82) is 0 Å². The first kappa shape index (κ1) is 12.9. The molecular weight excluding hydrogens is 325 g/mol. The topological polar surface area (TPSA) is 12.0 Å². The Balaban J connectivity index is 2.18. The fraction of sp³-hybridized carbons (Fsp3) is 0.167. The van der Waals surface area contributed by atoms with Gasteiger partial charge in [0, 0.05) is 10.5 Å². The summed E-state index contributed by atoms with van der Waals surface area (Å²) in [5, 5.41) is 5.09. The molecule has 0 amide bonds. The SMILES string of the molecule is CC(Nc1cc(Br)ccc1F)c1csc(Cl)c1. The van der Waals surface area contributed by atoms with Gasteiger partial charge in [0.2, 0.25) is 0 Å². The normalized spacial score (nSPS) is 12.5. The van der Waals surface area contributed by atoms with E-state index in [1.807, 2.05) is 18.4 Å². The zero-order valence-corrected chi connectivity index (χ0v) is 12.2. The quantitative estimate of drug-likeness (QED) is 0.784. The van der Waals surface area contributed by atoms with Crippen molar-refractivity contribution in [1.82, 2.24) is 0 Å². The summed E-state index contributed by atoms with van der Waals surface area (Å²) in [4.78, 5) is 0. The van der Waals surface area contributed by atoms with Crippen LogP contribution in [0.25, 0.3) is 0 Å². The van der Waals surface area contributed by atoms with Gasteiger partial charge in [0.1, 0.15) is 5.82 Å². The van der Waals surface area contributed by atoms with Crippen LogP contribution >= 0.6 is 38.9 Å². The van der Waals surface area contributed by atoms with Crippen LogP contribution < -0.4 is 5.32 Å². The largest absolute Gasteiger partial charge is 0.376 e. The molecule has 1 nitrogen and oxygen atoms in total. The fourth-order valence-electron chi connectivity index (χ4n) is 1.48. The lowest BCUT2D eigenvalue weighted by molar-refractivity contribution is 0.627. The summed E-state index contributed by atoms with van der Waals surface area (Å²) in [6, 6.07) is 6.73. The van der Waals surface area contributed by atoms with E-state index in [-0.39, 0.29) is 11.9 Å². The van der Waals surface area contributed by atoms with Gasteiger partial charge in [-0.1, -0.05) is 27.5 Å². The molecule has 0 radical (unpaired) electrons. The zero-order valence-electron chi connectivity index (χ0n) is 9.01. The third-order valence-corrected chi connectivity index (χ3v) is 3.99. The highest BCUT2D eigenvalue weighted by atomic mass is 79.9. The Kier molecular flexibility index (Phi) is 4.07. The summed E-state index contributed by atoms with van der Waals surface area (Å²) in [5.41, 5.74) is 1.54. The molecule has 0 aliphatic carbocycles. The van der Waals surface area contributed by atoms with E-state index in [9.17, 15) is 4.39 Å². The number of thiophene rings is 1. The molecule has 90 valence electrons. The van der Waals surface area contributed by atoms with E-state index < -0.39 is 0 Å². The second-order valence-electron chi connectivity index (χ2n) is 3.67. The van der Waals surface area contributed by atoms with Crippen LogP contribution in [0, 0.1) is 5.82 Å². The van der Waals surface area contributed by atoms with Crippen LogP contribution in [0.2, 0.25) is 4.34 Å². The lowest BCUT2D eigenvalue weighted by atomic mass is 10.1. The molecule has 1 N–H and O–H groups in total. The van der Waals surface area contributed by atoms with Crippen LogP contribution in [0.15, 0.2) is 34.1 Å². The zero-order chi connectivity index (χ0) is 12.4. The van der Waals surface area contributed by atoms with E-state index in [1.165, 1.54) is 17.4 Å². The Hall–Kier alpha value is -0.580. The third kappa shape index (κ3) is 3.21. The summed E-state index contributed by atoms with van der Waals surface area (Å²) >= 11 is 10.7. The highest BCUT2D eigenvalue weighted by Crippen LogP contribution is 2.28. The van der Waals surface area contributed by atoms with Gasteiger partial charge in [0.25, 0.3) is 0 Å². The van der Waals surface area contributed by atoms with E-state index in [2.05, 4.69) is 21.2 Å². The molecule has 0 aliphatic rings. The molecule has 2 aromatic rings. The van der Waals surface area contributed by atoms with Gasteiger partial charge in [-0.3, -0.25) is 0 Å². The summed E-state index contributed by atoms with van der Waals surface area (Å²) in [7, 11) is 0. The van der Waals surface area contributed by atoms with Gasteiger partial charge in [0.05, 0.1) is 10.0 Å². The standard InChI is InChI=1S/C12H10BrClFNS/c1-7(8-4-12(14)17-6-8)16-11-5-9(13)2-3-10(11)15/h2-7,16H,1H3. The predicted octanol–water partition coefficient (Wildman–Crippen LogP) is 5.48. The van der Waals surface area contributed by atoms with E-state index in [4.69, 9.17) is 11.6 Å². The highest BCUT2D eigenvalue weighted by Gasteiger charge is 2.10. The average Bonchev–Trinajstić information content (AvgIpc) is 2.70.